The highest BCUT2D eigenvalue weighted by molar-refractivity contribution is 6.05. The van der Waals surface area contributed by atoms with Gasteiger partial charge in [0.05, 0.1) is 36.8 Å². The smallest absolute Gasteiger partial charge is 0.259 e. The van der Waals surface area contributed by atoms with E-state index in [-0.39, 0.29) is 5.91 Å². The number of carbonyl (C=O) groups excluding carboxylic acids is 1. The van der Waals surface area contributed by atoms with Crippen LogP contribution in [0.15, 0.2) is 30.5 Å². The van der Waals surface area contributed by atoms with Gasteiger partial charge in [-0.25, -0.2) is 9.97 Å². The van der Waals surface area contributed by atoms with Crippen molar-refractivity contribution in [2.45, 2.75) is 13.8 Å². The Balaban J connectivity index is 1.76. The molecular weight excluding hydrogens is 320 g/mol. The quantitative estimate of drug-likeness (QED) is 0.898. The molecule has 1 amide bonds. The Labute approximate surface area is 147 Å². The van der Waals surface area contributed by atoms with Gasteiger partial charge >= 0.3 is 0 Å². The number of aromatic nitrogens is 2. The summed E-state index contributed by atoms with van der Waals surface area (Å²) < 4.78 is 10.9. The Kier molecular flexibility index (Phi) is 5.45. The summed E-state index contributed by atoms with van der Waals surface area (Å²) in [6.07, 6.45) is 1.58. The van der Waals surface area contributed by atoms with Gasteiger partial charge in [-0.1, -0.05) is 12.1 Å². The zero-order valence-corrected chi connectivity index (χ0v) is 14.5. The maximum absolute atomic E-state index is 12.6. The van der Waals surface area contributed by atoms with Crippen LogP contribution >= 0.6 is 0 Å². The molecule has 0 atom stereocenters. The number of anilines is 2. The van der Waals surface area contributed by atoms with Crippen LogP contribution in [0.2, 0.25) is 0 Å². The summed E-state index contributed by atoms with van der Waals surface area (Å²) in [5.41, 5.74) is 1.72. The molecule has 0 aliphatic carbocycles. The number of rotatable bonds is 5. The van der Waals surface area contributed by atoms with E-state index in [0.29, 0.717) is 48.5 Å². The minimum absolute atomic E-state index is 0.252. The molecule has 2 heterocycles. The van der Waals surface area contributed by atoms with E-state index in [9.17, 15) is 4.79 Å². The predicted molar refractivity (Wildman–Crippen MR) is 95.4 cm³/mol. The lowest BCUT2D eigenvalue weighted by atomic mass is 10.2. The van der Waals surface area contributed by atoms with Crippen LogP contribution in [0.25, 0.3) is 0 Å². The first-order chi connectivity index (χ1) is 12.2. The molecule has 1 aromatic heterocycles. The molecule has 0 spiro atoms. The molecule has 1 fully saturated rings. The van der Waals surface area contributed by atoms with Crippen molar-refractivity contribution in [2.24, 2.45) is 0 Å². The minimum Gasteiger partial charge on any atom is -0.492 e. The van der Waals surface area contributed by atoms with Crippen LogP contribution in [0.5, 0.6) is 5.75 Å². The van der Waals surface area contributed by atoms with Gasteiger partial charge in [-0.2, -0.15) is 0 Å². The summed E-state index contributed by atoms with van der Waals surface area (Å²) in [4.78, 5) is 23.5. The number of ether oxygens (including phenoxy) is 2. The highest BCUT2D eigenvalue weighted by atomic mass is 16.5. The van der Waals surface area contributed by atoms with Crippen molar-refractivity contribution in [3.05, 3.63) is 41.7 Å². The molecule has 2 aromatic rings. The lowest BCUT2D eigenvalue weighted by Gasteiger charge is -2.27. The number of aryl methyl sites for hydroxylation is 1. The fraction of sp³-hybridized carbons (Fsp3) is 0.389. The summed E-state index contributed by atoms with van der Waals surface area (Å²) in [7, 11) is 0. The molecule has 1 saturated heterocycles. The molecule has 1 aliphatic rings. The Hall–Kier alpha value is -2.67. The topological polar surface area (TPSA) is 76.6 Å². The number of benzene rings is 1. The number of morpholine rings is 1. The molecule has 7 heteroatoms. The van der Waals surface area contributed by atoms with Crippen LogP contribution in [0.1, 0.15) is 23.0 Å². The largest absolute Gasteiger partial charge is 0.492 e. The monoisotopic (exact) mass is 342 g/mol. The molecule has 1 N–H and O–H groups in total. The Bertz CT molecular complexity index is 745. The predicted octanol–water partition coefficient (Wildman–Crippen LogP) is 2.27. The number of amides is 1. The van der Waals surface area contributed by atoms with Gasteiger partial charge in [0.2, 0.25) is 5.95 Å². The molecule has 3 rings (SSSR count). The first-order valence-corrected chi connectivity index (χ1v) is 8.38. The number of nitrogens with one attached hydrogen (secondary N) is 1. The molecule has 7 nitrogen and oxygen atoms in total. The van der Waals surface area contributed by atoms with Crippen molar-refractivity contribution in [1.82, 2.24) is 9.97 Å². The normalized spacial score (nSPS) is 14.2. The molecule has 0 unspecified atom stereocenters. The number of carbonyl (C=O) groups is 1. The number of para-hydroxylation sites is 2. The van der Waals surface area contributed by atoms with E-state index in [4.69, 9.17) is 9.47 Å². The second kappa shape index (κ2) is 7.94. The average molecular weight is 342 g/mol. The molecule has 0 saturated carbocycles. The Morgan fingerprint density at radius 3 is 2.80 bits per heavy atom. The Morgan fingerprint density at radius 1 is 1.32 bits per heavy atom. The molecule has 0 radical (unpaired) electrons. The number of hydrogen-bond acceptors (Lipinski definition) is 6. The first kappa shape index (κ1) is 17.2. The van der Waals surface area contributed by atoms with Gasteiger partial charge < -0.3 is 19.7 Å². The SMILES string of the molecule is CCOc1ccccc1NC(=O)c1cnc(N2CCOCC2)nc1C. The van der Waals surface area contributed by atoms with Crippen molar-refractivity contribution in [3.8, 4) is 5.75 Å². The average Bonchev–Trinajstić information content (AvgIpc) is 2.64. The third kappa shape index (κ3) is 4.06. The van der Waals surface area contributed by atoms with E-state index in [2.05, 4.69) is 20.2 Å². The van der Waals surface area contributed by atoms with Gasteiger partial charge in [0.15, 0.2) is 0 Å². The van der Waals surface area contributed by atoms with Crippen LogP contribution < -0.4 is 15.0 Å². The summed E-state index contributed by atoms with van der Waals surface area (Å²) >= 11 is 0. The van der Waals surface area contributed by atoms with E-state index in [1.807, 2.05) is 32.0 Å². The van der Waals surface area contributed by atoms with Crippen LogP contribution in [0, 0.1) is 6.92 Å². The zero-order valence-electron chi connectivity index (χ0n) is 14.5. The van der Waals surface area contributed by atoms with Crippen LogP contribution in [0.4, 0.5) is 11.6 Å². The van der Waals surface area contributed by atoms with E-state index in [0.717, 1.165) is 13.1 Å². The maximum atomic E-state index is 12.6. The van der Waals surface area contributed by atoms with E-state index < -0.39 is 0 Å². The van der Waals surface area contributed by atoms with Gasteiger partial charge in [-0.15, -0.1) is 0 Å². The van der Waals surface area contributed by atoms with Gasteiger partial charge in [-0.05, 0) is 26.0 Å². The van der Waals surface area contributed by atoms with Gasteiger partial charge in [-0.3, -0.25) is 4.79 Å². The van der Waals surface area contributed by atoms with Crippen molar-refractivity contribution >= 4 is 17.5 Å². The third-order valence-corrected chi connectivity index (χ3v) is 3.94. The fourth-order valence-electron chi connectivity index (χ4n) is 2.63. The second-order valence-electron chi connectivity index (χ2n) is 5.65. The van der Waals surface area contributed by atoms with Gasteiger partial charge in [0, 0.05) is 19.3 Å². The van der Waals surface area contributed by atoms with Gasteiger partial charge in [0.1, 0.15) is 5.75 Å². The maximum Gasteiger partial charge on any atom is 0.259 e. The van der Waals surface area contributed by atoms with Crippen molar-refractivity contribution < 1.29 is 14.3 Å². The molecule has 1 aromatic carbocycles. The summed E-state index contributed by atoms with van der Waals surface area (Å²) in [6, 6.07) is 7.35. The molecule has 1 aliphatic heterocycles. The minimum atomic E-state index is -0.252. The standard InChI is InChI=1S/C18H22N4O3/c1-3-25-16-7-5-4-6-15(16)21-17(23)14-12-19-18(20-13(14)2)22-8-10-24-11-9-22/h4-7,12H,3,8-11H2,1-2H3,(H,21,23). The fourth-order valence-corrected chi connectivity index (χ4v) is 2.63. The zero-order chi connectivity index (χ0) is 17.6. The molecule has 0 bridgehead atoms. The highest BCUT2D eigenvalue weighted by Gasteiger charge is 2.18. The summed E-state index contributed by atoms with van der Waals surface area (Å²) in [5.74, 6) is 1.02. The number of nitrogens with zero attached hydrogens (tertiary/aromatic N) is 3. The van der Waals surface area contributed by atoms with Crippen molar-refractivity contribution in [3.63, 3.8) is 0 Å². The summed E-state index contributed by atoms with van der Waals surface area (Å²) in [5, 5.41) is 2.87. The number of hydrogen-bond donors (Lipinski definition) is 1. The van der Waals surface area contributed by atoms with E-state index in [1.54, 1.807) is 12.3 Å². The summed E-state index contributed by atoms with van der Waals surface area (Å²) in [6.45, 7) is 7.09. The molecule has 132 valence electrons. The molecule has 25 heavy (non-hydrogen) atoms. The highest BCUT2D eigenvalue weighted by Crippen LogP contribution is 2.24. The van der Waals surface area contributed by atoms with Crippen LogP contribution in [-0.4, -0.2) is 48.8 Å². The van der Waals surface area contributed by atoms with Gasteiger partial charge in [0.25, 0.3) is 5.91 Å². The lowest BCUT2D eigenvalue weighted by Crippen LogP contribution is -2.37. The Morgan fingerprint density at radius 2 is 2.08 bits per heavy atom. The third-order valence-electron chi connectivity index (χ3n) is 3.94. The first-order valence-electron chi connectivity index (χ1n) is 8.38. The van der Waals surface area contributed by atoms with Crippen molar-refractivity contribution in [1.29, 1.82) is 0 Å². The van der Waals surface area contributed by atoms with Crippen LogP contribution in [-0.2, 0) is 4.74 Å². The second-order valence-corrected chi connectivity index (χ2v) is 5.65. The van der Waals surface area contributed by atoms with Crippen molar-refractivity contribution in [2.75, 3.05) is 43.1 Å². The molecular formula is C18H22N4O3. The van der Waals surface area contributed by atoms with Crippen LogP contribution in [0.3, 0.4) is 0 Å². The van der Waals surface area contributed by atoms with E-state index >= 15 is 0 Å². The van der Waals surface area contributed by atoms with E-state index in [1.165, 1.54) is 0 Å². The lowest BCUT2D eigenvalue weighted by molar-refractivity contribution is 0.102.